The molecule has 1 unspecified atom stereocenters. The molecule has 10 nitrogen and oxygen atoms in total. The summed E-state index contributed by atoms with van der Waals surface area (Å²) in [5, 5.41) is 4.21. The number of nitrogens with one attached hydrogen (secondary N) is 1. The summed E-state index contributed by atoms with van der Waals surface area (Å²) in [7, 11) is 3.01. The first-order chi connectivity index (χ1) is 15.0. The first kappa shape index (κ1) is 26.5. The van der Waals surface area contributed by atoms with E-state index in [-0.39, 0.29) is 29.7 Å². The molecule has 2 heterocycles. The first-order valence-corrected chi connectivity index (χ1v) is 11.6. The maximum Gasteiger partial charge on any atom is 0.308 e. The Morgan fingerprint density at radius 3 is 2.31 bits per heavy atom. The van der Waals surface area contributed by atoms with Gasteiger partial charge in [0.2, 0.25) is 11.8 Å². The second-order valence-corrected chi connectivity index (χ2v) is 10.1. The predicted molar refractivity (Wildman–Crippen MR) is 122 cm³/mol. The number of amides is 2. The molecule has 0 saturated carbocycles. The van der Waals surface area contributed by atoms with Gasteiger partial charge in [-0.15, -0.1) is 0 Å². The molecule has 0 aromatic carbocycles. The average Bonchev–Trinajstić information content (AvgIpc) is 3.22. The molecule has 2 saturated heterocycles. The molecule has 10 heteroatoms. The van der Waals surface area contributed by atoms with E-state index in [0.717, 1.165) is 32.4 Å². The van der Waals surface area contributed by atoms with Gasteiger partial charge in [0.1, 0.15) is 12.1 Å². The number of carbonyl (C=O) groups excluding carboxylic acids is 3. The molecule has 2 aliphatic rings. The zero-order chi connectivity index (χ0) is 24.1. The number of rotatable bonds is 8. The van der Waals surface area contributed by atoms with Crippen molar-refractivity contribution >= 4 is 17.8 Å². The van der Waals surface area contributed by atoms with Crippen LogP contribution in [0.4, 0.5) is 0 Å². The van der Waals surface area contributed by atoms with E-state index in [0.29, 0.717) is 26.1 Å². The van der Waals surface area contributed by atoms with Gasteiger partial charge in [0, 0.05) is 32.7 Å². The van der Waals surface area contributed by atoms with Crippen LogP contribution < -0.4 is 16.9 Å². The van der Waals surface area contributed by atoms with Gasteiger partial charge in [-0.1, -0.05) is 20.8 Å². The summed E-state index contributed by atoms with van der Waals surface area (Å²) in [5.74, 6) is 5.98. The highest BCUT2D eigenvalue weighted by atomic mass is 16.5. The van der Waals surface area contributed by atoms with Crippen LogP contribution in [0.15, 0.2) is 0 Å². The highest BCUT2D eigenvalue weighted by Gasteiger charge is 2.43. The largest absolute Gasteiger partial charge is 0.469 e. The molecule has 0 aromatic heterocycles. The third-order valence-electron chi connectivity index (χ3n) is 6.53. The monoisotopic (exact) mass is 454 g/mol. The summed E-state index contributed by atoms with van der Waals surface area (Å²) in [6, 6.07) is -1.29. The summed E-state index contributed by atoms with van der Waals surface area (Å²) in [4.78, 5) is 41.4. The van der Waals surface area contributed by atoms with Gasteiger partial charge in [0.05, 0.1) is 13.0 Å². The first-order valence-electron chi connectivity index (χ1n) is 11.6. The zero-order valence-corrected chi connectivity index (χ0v) is 20.3. The lowest BCUT2D eigenvalue weighted by Crippen LogP contribution is -2.62. The van der Waals surface area contributed by atoms with Gasteiger partial charge in [-0.25, -0.2) is 5.01 Å². The van der Waals surface area contributed by atoms with Crippen molar-refractivity contribution in [3.05, 3.63) is 0 Å². The molecule has 2 aliphatic heterocycles. The lowest BCUT2D eigenvalue weighted by molar-refractivity contribution is -0.147. The number of hydrogen-bond acceptors (Lipinski definition) is 8. The number of likely N-dealkylation sites (tertiary alicyclic amines) is 2. The lowest BCUT2D eigenvalue weighted by Gasteiger charge is -2.41. The highest BCUT2D eigenvalue weighted by Crippen LogP contribution is 2.28. The van der Waals surface area contributed by atoms with Crippen molar-refractivity contribution in [3.8, 4) is 0 Å². The van der Waals surface area contributed by atoms with Crippen molar-refractivity contribution in [2.45, 2.75) is 64.6 Å². The topological polar surface area (TPSA) is 134 Å². The average molecular weight is 455 g/mol. The van der Waals surface area contributed by atoms with Crippen LogP contribution in [0.3, 0.4) is 0 Å². The van der Waals surface area contributed by atoms with Gasteiger partial charge in [-0.05, 0) is 44.2 Å². The number of carbonyl (C=O) groups is 3. The van der Waals surface area contributed by atoms with Crippen molar-refractivity contribution in [1.82, 2.24) is 20.1 Å². The number of likely N-dealkylation sites (N-methyl/N-ethyl adjacent to an activating group) is 1. The molecule has 0 aromatic rings. The van der Waals surface area contributed by atoms with Crippen molar-refractivity contribution in [3.63, 3.8) is 0 Å². The highest BCUT2D eigenvalue weighted by molar-refractivity contribution is 5.90. The summed E-state index contributed by atoms with van der Waals surface area (Å²) in [6.07, 6.45) is 2.97. The molecule has 32 heavy (non-hydrogen) atoms. The number of esters is 1. The molecule has 5 N–H and O–H groups in total. The van der Waals surface area contributed by atoms with E-state index in [1.54, 1.807) is 17.0 Å². The lowest BCUT2D eigenvalue weighted by atomic mass is 9.85. The van der Waals surface area contributed by atoms with Crippen molar-refractivity contribution in [1.29, 1.82) is 0 Å². The van der Waals surface area contributed by atoms with Crippen LogP contribution in [0, 0.1) is 11.3 Å². The smallest absolute Gasteiger partial charge is 0.308 e. The van der Waals surface area contributed by atoms with Gasteiger partial charge in [-0.2, -0.15) is 0 Å². The minimum atomic E-state index is -0.594. The fraction of sp³-hybridized carbons (Fsp3) is 0.864. The van der Waals surface area contributed by atoms with E-state index in [2.05, 4.69) is 10.2 Å². The van der Waals surface area contributed by atoms with Crippen LogP contribution in [0.1, 0.15) is 46.5 Å². The van der Waals surface area contributed by atoms with E-state index >= 15 is 0 Å². The molecule has 0 aliphatic carbocycles. The van der Waals surface area contributed by atoms with Crippen LogP contribution in [0.2, 0.25) is 0 Å². The molecule has 2 amide bonds. The fourth-order valence-corrected chi connectivity index (χ4v) is 4.92. The minimum Gasteiger partial charge on any atom is -0.469 e. The van der Waals surface area contributed by atoms with Gasteiger partial charge in [-0.3, -0.25) is 20.2 Å². The van der Waals surface area contributed by atoms with Crippen molar-refractivity contribution < 1.29 is 19.1 Å². The molecular weight excluding hydrogens is 412 g/mol. The number of nitrogens with zero attached hydrogens (tertiary/aromatic N) is 3. The Morgan fingerprint density at radius 2 is 1.78 bits per heavy atom. The minimum absolute atomic E-state index is 0.0462. The molecule has 2 fully saturated rings. The van der Waals surface area contributed by atoms with Crippen LogP contribution >= 0.6 is 0 Å². The Labute approximate surface area is 191 Å². The number of hydrogen-bond donors (Lipinski definition) is 3. The Morgan fingerprint density at radius 1 is 1.16 bits per heavy atom. The third-order valence-corrected chi connectivity index (χ3v) is 6.53. The number of methoxy groups -OCH3 is 1. The number of ether oxygens (including phenoxy) is 1. The summed E-state index contributed by atoms with van der Waals surface area (Å²) < 4.78 is 4.84. The van der Waals surface area contributed by atoms with E-state index in [1.807, 2.05) is 20.8 Å². The second-order valence-electron chi connectivity index (χ2n) is 10.1. The van der Waals surface area contributed by atoms with E-state index in [1.165, 1.54) is 7.11 Å². The number of piperidine rings is 1. The maximum atomic E-state index is 13.5. The molecule has 2 rings (SSSR count). The molecule has 0 radical (unpaired) electrons. The van der Waals surface area contributed by atoms with E-state index < -0.39 is 17.5 Å². The van der Waals surface area contributed by atoms with Crippen LogP contribution in [0.5, 0.6) is 0 Å². The summed E-state index contributed by atoms with van der Waals surface area (Å²) in [6.45, 7) is 9.03. The zero-order valence-electron chi connectivity index (χ0n) is 20.3. The normalized spacial score (nSPS) is 22.6. The second kappa shape index (κ2) is 11.4. The van der Waals surface area contributed by atoms with Gasteiger partial charge in [0.15, 0.2) is 0 Å². The predicted octanol–water partition coefficient (Wildman–Crippen LogP) is -0.474. The van der Waals surface area contributed by atoms with Crippen molar-refractivity contribution in [2.24, 2.45) is 22.9 Å². The fourth-order valence-electron chi connectivity index (χ4n) is 4.92. The standard InChI is InChI=1S/C22H42N6O4/c1-22(2,3)18(20(30)27-10-6-7-17(27)19(29)25-4)28(24)14-16(23)13-26-11-8-15(9-12-26)21(31)32-5/h15-18H,6-14,23-24H2,1-5H3,(H,25,29)/t16?,17-,18+/m0/s1. The Balaban J connectivity index is 1.98. The molecule has 0 spiro atoms. The van der Waals surface area contributed by atoms with Crippen molar-refractivity contribution in [2.75, 3.05) is 46.9 Å². The van der Waals surface area contributed by atoms with Crippen LogP contribution in [-0.2, 0) is 19.1 Å². The maximum absolute atomic E-state index is 13.5. The summed E-state index contributed by atoms with van der Waals surface area (Å²) >= 11 is 0. The molecule has 0 bridgehead atoms. The third kappa shape index (κ3) is 6.63. The van der Waals surface area contributed by atoms with Crippen LogP contribution in [-0.4, -0.2) is 97.6 Å². The Bertz CT molecular complexity index is 659. The van der Waals surface area contributed by atoms with Crippen LogP contribution in [0.25, 0.3) is 0 Å². The van der Waals surface area contributed by atoms with Gasteiger partial charge in [0.25, 0.3) is 0 Å². The van der Waals surface area contributed by atoms with Gasteiger partial charge >= 0.3 is 5.97 Å². The van der Waals surface area contributed by atoms with E-state index in [9.17, 15) is 14.4 Å². The molecule has 3 atom stereocenters. The SMILES string of the molecule is CNC(=O)[C@@H]1CCCN1C(=O)[C@@H](N(N)CC(N)CN1CCC(C(=O)OC)CC1)C(C)(C)C. The molecular formula is C22H42N6O4. The Kier molecular flexibility index (Phi) is 9.44. The summed E-state index contributed by atoms with van der Waals surface area (Å²) in [5.41, 5.74) is 5.98. The van der Waals surface area contributed by atoms with Gasteiger partial charge < -0.3 is 25.6 Å². The molecule has 184 valence electrons. The Hall–Kier alpha value is -1.75. The van der Waals surface area contributed by atoms with E-state index in [4.69, 9.17) is 16.3 Å². The number of hydrazine groups is 1. The number of nitrogens with two attached hydrogens (primary N) is 2. The quantitative estimate of drug-likeness (QED) is 0.254.